The Morgan fingerprint density at radius 1 is 0.927 bits per heavy atom. The second-order valence-electron chi connectivity index (χ2n) is 11.9. The van der Waals surface area contributed by atoms with Gasteiger partial charge in [0.2, 0.25) is 11.8 Å². The van der Waals surface area contributed by atoms with Gasteiger partial charge in [-0.15, -0.1) is 0 Å². The Kier molecular flexibility index (Phi) is 9.68. The van der Waals surface area contributed by atoms with Crippen LogP contribution in [0.3, 0.4) is 0 Å². The third kappa shape index (κ3) is 8.08. The monoisotopic (exact) mass is 563 g/mol. The molecule has 2 aromatic rings. The van der Waals surface area contributed by atoms with Crippen molar-refractivity contribution in [2.24, 2.45) is 0 Å². The minimum atomic E-state index is -1.17. The fourth-order valence-corrected chi connectivity index (χ4v) is 5.53. The molecule has 1 aliphatic heterocycles. The number of nitrogens with one attached hydrogen (secondary N) is 2. The first-order chi connectivity index (χ1) is 19.6. The minimum Gasteiger partial charge on any atom is -0.459 e. The lowest BCUT2D eigenvalue weighted by Crippen LogP contribution is -2.62. The van der Waals surface area contributed by atoms with Crippen LogP contribution in [-0.2, 0) is 36.9 Å². The Balaban J connectivity index is 1.51. The number of carbonyl (C=O) groups is 4. The van der Waals surface area contributed by atoms with Crippen LogP contribution in [-0.4, -0.2) is 58.5 Å². The molecule has 2 N–H and O–H groups in total. The Hall–Kier alpha value is -3.88. The summed E-state index contributed by atoms with van der Waals surface area (Å²) in [7, 11) is 0. The van der Waals surface area contributed by atoms with Crippen molar-refractivity contribution in [3.05, 3.63) is 71.8 Å². The Morgan fingerprint density at radius 3 is 2.15 bits per heavy atom. The highest BCUT2D eigenvalue weighted by Crippen LogP contribution is 2.31. The van der Waals surface area contributed by atoms with Gasteiger partial charge in [0.15, 0.2) is 0 Å². The predicted octanol–water partition coefficient (Wildman–Crippen LogP) is 4.29. The maximum Gasteiger partial charge on any atom is 0.408 e. The topological polar surface area (TPSA) is 114 Å². The standard InChI is InChI=1S/C32H41N3O6/c1-31(2,3)41-30(39)34-32(18-10-11-19-32)29(38)33-25(21-23-13-6-4-7-14-23)27(36)35-20-12-17-26(35)28(37)40-22-24-15-8-5-9-16-24/h4-9,13-16,25-26H,10-12,17-22H2,1-3H3,(H,33,38)(H,34,39)/t25-,26+/m0/s1. The molecule has 9 heteroatoms. The molecular weight excluding hydrogens is 522 g/mol. The van der Waals surface area contributed by atoms with Gasteiger partial charge in [0.25, 0.3) is 0 Å². The van der Waals surface area contributed by atoms with E-state index in [-0.39, 0.29) is 18.9 Å². The van der Waals surface area contributed by atoms with E-state index in [4.69, 9.17) is 9.47 Å². The molecule has 0 bridgehead atoms. The second-order valence-corrected chi connectivity index (χ2v) is 11.9. The van der Waals surface area contributed by atoms with E-state index in [0.29, 0.717) is 32.2 Å². The van der Waals surface area contributed by atoms with Crippen LogP contribution in [0.5, 0.6) is 0 Å². The van der Waals surface area contributed by atoms with Crippen LogP contribution in [0.15, 0.2) is 60.7 Å². The molecule has 0 aromatic heterocycles. The molecule has 4 rings (SSSR count). The number of likely N-dealkylation sites (tertiary alicyclic amines) is 1. The molecule has 2 fully saturated rings. The van der Waals surface area contributed by atoms with Crippen LogP contribution in [0, 0.1) is 0 Å². The number of rotatable bonds is 9. The average molecular weight is 564 g/mol. The summed E-state index contributed by atoms with van der Waals surface area (Å²) < 4.78 is 11.0. The number of alkyl carbamates (subject to hydrolysis) is 1. The zero-order valence-corrected chi connectivity index (χ0v) is 24.2. The summed E-state index contributed by atoms with van der Waals surface area (Å²) in [5, 5.41) is 5.77. The summed E-state index contributed by atoms with van der Waals surface area (Å²) in [5.41, 5.74) is -0.151. The van der Waals surface area contributed by atoms with Crippen LogP contribution >= 0.6 is 0 Å². The van der Waals surface area contributed by atoms with Crippen molar-refractivity contribution in [2.75, 3.05) is 6.54 Å². The smallest absolute Gasteiger partial charge is 0.408 e. The summed E-state index contributed by atoms with van der Waals surface area (Å²) in [4.78, 5) is 55.1. The minimum absolute atomic E-state index is 0.126. The van der Waals surface area contributed by atoms with Gasteiger partial charge in [-0.2, -0.15) is 0 Å². The van der Waals surface area contributed by atoms with E-state index in [1.165, 1.54) is 4.90 Å². The molecule has 41 heavy (non-hydrogen) atoms. The van der Waals surface area contributed by atoms with Crippen LogP contribution in [0.1, 0.15) is 70.4 Å². The summed E-state index contributed by atoms with van der Waals surface area (Å²) in [6, 6.07) is 17.2. The summed E-state index contributed by atoms with van der Waals surface area (Å²) in [6.45, 7) is 5.81. The maximum absolute atomic E-state index is 14.0. The van der Waals surface area contributed by atoms with Gasteiger partial charge in [0.05, 0.1) is 0 Å². The van der Waals surface area contributed by atoms with Gasteiger partial charge in [-0.05, 0) is 57.6 Å². The molecule has 1 saturated carbocycles. The van der Waals surface area contributed by atoms with Gasteiger partial charge < -0.3 is 25.0 Å². The zero-order valence-electron chi connectivity index (χ0n) is 24.2. The first-order valence-electron chi connectivity index (χ1n) is 14.4. The zero-order chi connectivity index (χ0) is 29.5. The molecule has 2 aromatic carbocycles. The van der Waals surface area contributed by atoms with Gasteiger partial charge in [-0.3, -0.25) is 9.59 Å². The Labute approximate surface area is 242 Å². The molecule has 3 amide bonds. The second kappa shape index (κ2) is 13.2. The highest BCUT2D eigenvalue weighted by molar-refractivity contribution is 5.95. The quantitative estimate of drug-likeness (QED) is 0.440. The molecule has 220 valence electrons. The lowest BCUT2D eigenvalue weighted by atomic mass is 9.95. The fourth-order valence-electron chi connectivity index (χ4n) is 5.53. The van der Waals surface area contributed by atoms with E-state index in [2.05, 4.69) is 10.6 Å². The van der Waals surface area contributed by atoms with Crippen molar-refractivity contribution >= 4 is 23.9 Å². The maximum atomic E-state index is 14.0. The number of hydrogen-bond donors (Lipinski definition) is 2. The van der Waals surface area contributed by atoms with E-state index in [1.807, 2.05) is 60.7 Å². The van der Waals surface area contributed by atoms with Crippen LogP contribution < -0.4 is 10.6 Å². The van der Waals surface area contributed by atoms with E-state index in [1.54, 1.807) is 20.8 Å². The number of amides is 3. The number of esters is 1. The Morgan fingerprint density at radius 2 is 1.54 bits per heavy atom. The van der Waals surface area contributed by atoms with Crippen molar-refractivity contribution < 1.29 is 28.7 Å². The van der Waals surface area contributed by atoms with Gasteiger partial charge >= 0.3 is 12.1 Å². The van der Waals surface area contributed by atoms with Gasteiger partial charge in [0.1, 0.15) is 29.8 Å². The summed E-state index contributed by atoms with van der Waals surface area (Å²) >= 11 is 0. The largest absolute Gasteiger partial charge is 0.459 e. The van der Waals surface area contributed by atoms with Crippen molar-refractivity contribution in [3.63, 3.8) is 0 Å². The molecule has 2 aliphatic rings. The highest BCUT2D eigenvalue weighted by Gasteiger charge is 2.46. The lowest BCUT2D eigenvalue weighted by Gasteiger charge is -2.33. The number of hydrogen-bond acceptors (Lipinski definition) is 6. The van der Waals surface area contributed by atoms with Gasteiger partial charge in [0, 0.05) is 13.0 Å². The van der Waals surface area contributed by atoms with Crippen molar-refractivity contribution in [1.82, 2.24) is 15.5 Å². The van der Waals surface area contributed by atoms with E-state index in [0.717, 1.165) is 24.0 Å². The number of benzene rings is 2. The predicted molar refractivity (Wildman–Crippen MR) is 154 cm³/mol. The molecule has 0 unspecified atom stereocenters. The first-order valence-corrected chi connectivity index (χ1v) is 14.4. The number of carbonyl (C=O) groups excluding carboxylic acids is 4. The molecule has 9 nitrogen and oxygen atoms in total. The lowest BCUT2D eigenvalue weighted by molar-refractivity contribution is -0.155. The third-order valence-electron chi connectivity index (χ3n) is 7.55. The van der Waals surface area contributed by atoms with Crippen LogP contribution in [0.4, 0.5) is 4.79 Å². The van der Waals surface area contributed by atoms with Crippen molar-refractivity contribution in [3.8, 4) is 0 Å². The fraction of sp³-hybridized carbons (Fsp3) is 0.500. The van der Waals surface area contributed by atoms with Gasteiger partial charge in [-0.25, -0.2) is 9.59 Å². The molecule has 1 heterocycles. The highest BCUT2D eigenvalue weighted by atomic mass is 16.6. The first kappa shape index (κ1) is 30.1. The summed E-state index contributed by atoms with van der Waals surface area (Å²) in [5.74, 6) is -1.22. The molecule has 0 spiro atoms. The molecule has 0 radical (unpaired) electrons. The average Bonchev–Trinajstić information content (AvgIpc) is 3.62. The van der Waals surface area contributed by atoms with E-state index in [9.17, 15) is 19.2 Å². The van der Waals surface area contributed by atoms with Crippen molar-refractivity contribution in [1.29, 1.82) is 0 Å². The molecule has 2 atom stereocenters. The van der Waals surface area contributed by atoms with Crippen LogP contribution in [0.25, 0.3) is 0 Å². The van der Waals surface area contributed by atoms with Crippen molar-refractivity contribution in [2.45, 2.75) is 95.5 Å². The van der Waals surface area contributed by atoms with E-state index >= 15 is 0 Å². The van der Waals surface area contributed by atoms with E-state index < -0.39 is 41.2 Å². The van der Waals surface area contributed by atoms with Gasteiger partial charge in [-0.1, -0.05) is 73.5 Å². The Bertz CT molecular complexity index is 1200. The SMILES string of the molecule is CC(C)(C)OC(=O)NC1(C(=O)N[C@@H](Cc2ccccc2)C(=O)N2CCC[C@@H]2C(=O)OCc2ccccc2)CCCC1. The number of nitrogens with zero attached hydrogens (tertiary/aromatic N) is 1. The third-order valence-corrected chi connectivity index (χ3v) is 7.55. The molecule has 1 saturated heterocycles. The normalized spacial score (nSPS) is 18.8. The number of ether oxygens (including phenoxy) is 2. The summed E-state index contributed by atoms with van der Waals surface area (Å²) in [6.07, 6.45) is 3.16. The molecular formula is C32H41N3O6. The molecule has 1 aliphatic carbocycles. The van der Waals surface area contributed by atoms with Crippen LogP contribution in [0.2, 0.25) is 0 Å².